The molecule has 0 bridgehead atoms. The lowest BCUT2D eigenvalue weighted by Gasteiger charge is -2.21. The summed E-state index contributed by atoms with van der Waals surface area (Å²) in [5.41, 5.74) is 0. The number of hydrogen-bond donors (Lipinski definition) is 2. The third-order valence-electron chi connectivity index (χ3n) is 2.20. The first-order valence-electron chi connectivity index (χ1n) is 5.62. The van der Waals surface area contributed by atoms with Gasteiger partial charge < -0.3 is 10.4 Å². The molecule has 14 heavy (non-hydrogen) atoms. The lowest BCUT2D eigenvalue weighted by atomic mass is 10.1. The fraction of sp³-hybridized carbons (Fsp3) is 1.00. The van der Waals surface area contributed by atoms with Crippen molar-refractivity contribution < 1.29 is 5.11 Å². The molecule has 0 aliphatic carbocycles. The van der Waals surface area contributed by atoms with Crippen LogP contribution in [-0.2, 0) is 0 Å². The zero-order valence-electron chi connectivity index (χ0n) is 10.1. The number of aliphatic hydroxyl groups excluding tert-OH is 1. The van der Waals surface area contributed by atoms with Crippen LogP contribution in [0.3, 0.4) is 0 Å². The van der Waals surface area contributed by atoms with E-state index in [4.69, 9.17) is 5.11 Å². The molecule has 0 atom stereocenters. The Balaban J connectivity index is 3.48. The van der Waals surface area contributed by atoms with E-state index in [1.165, 1.54) is 0 Å². The first-order chi connectivity index (χ1) is 6.56. The van der Waals surface area contributed by atoms with Gasteiger partial charge in [0.25, 0.3) is 0 Å². The van der Waals surface area contributed by atoms with E-state index in [1.807, 2.05) is 0 Å². The summed E-state index contributed by atoms with van der Waals surface area (Å²) < 4.78 is 0. The van der Waals surface area contributed by atoms with Gasteiger partial charge in [-0.1, -0.05) is 27.7 Å². The topological polar surface area (TPSA) is 35.5 Å². The number of nitrogens with one attached hydrogen (secondary N) is 1. The third-order valence-corrected chi connectivity index (χ3v) is 2.20. The van der Waals surface area contributed by atoms with Crippen LogP contribution < -0.4 is 5.32 Å². The van der Waals surface area contributed by atoms with Crippen molar-refractivity contribution in [3.63, 3.8) is 0 Å². The van der Waals surface area contributed by atoms with Crippen LogP contribution in [0.25, 0.3) is 0 Å². The minimum atomic E-state index is 0.173. The van der Waals surface area contributed by atoms with Gasteiger partial charge in [0.1, 0.15) is 0 Å². The van der Waals surface area contributed by atoms with Gasteiger partial charge in [0, 0.05) is 25.7 Å². The average molecular weight is 202 g/mol. The van der Waals surface area contributed by atoms with Crippen molar-refractivity contribution >= 4 is 0 Å². The monoisotopic (exact) mass is 202 g/mol. The Morgan fingerprint density at radius 1 is 1.14 bits per heavy atom. The van der Waals surface area contributed by atoms with E-state index in [-0.39, 0.29) is 6.73 Å². The maximum atomic E-state index is 9.10. The van der Waals surface area contributed by atoms with Gasteiger partial charge in [0.2, 0.25) is 0 Å². The summed E-state index contributed by atoms with van der Waals surface area (Å²) >= 11 is 0. The first-order valence-corrected chi connectivity index (χ1v) is 5.62. The molecule has 3 nitrogen and oxygen atoms in total. The van der Waals surface area contributed by atoms with Crippen molar-refractivity contribution in [1.82, 2.24) is 10.2 Å². The quantitative estimate of drug-likeness (QED) is 0.582. The maximum absolute atomic E-state index is 9.10. The summed E-state index contributed by atoms with van der Waals surface area (Å²) in [6.45, 7) is 11.7. The Hall–Kier alpha value is -0.120. The van der Waals surface area contributed by atoms with Crippen LogP contribution in [0.5, 0.6) is 0 Å². The molecular formula is C11H26N2O. The third kappa shape index (κ3) is 8.48. The van der Waals surface area contributed by atoms with Crippen molar-refractivity contribution in [1.29, 1.82) is 0 Å². The normalized spacial score (nSPS) is 12.0. The number of nitrogens with zero attached hydrogens (tertiary/aromatic N) is 1. The van der Waals surface area contributed by atoms with Gasteiger partial charge in [0.05, 0.1) is 6.73 Å². The molecule has 0 heterocycles. The second-order valence-corrected chi connectivity index (χ2v) is 4.55. The molecule has 86 valence electrons. The van der Waals surface area contributed by atoms with Crippen LogP contribution in [-0.4, -0.2) is 42.4 Å². The molecule has 0 rings (SSSR count). The van der Waals surface area contributed by atoms with Gasteiger partial charge in [-0.25, -0.2) is 0 Å². The van der Waals surface area contributed by atoms with Gasteiger partial charge in [-0.05, 0) is 12.3 Å². The Kier molecular flexibility index (Phi) is 8.14. The smallest absolute Gasteiger partial charge is 0.0956 e. The molecule has 0 aromatic rings. The minimum Gasteiger partial charge on any atom is -0.381 e. The highest BCUT2D eigenvalue weighted by molar-refractivity contribution is 4.59. The maximum Gasteiger partial charge on any atom is 0.0956 e. The van der Waals surface area contributed by atoms with Gasteiger partial charge >= 0.3 is 0 Å². The van der Waals surface area contributed by atoms with Crippen LogP contribution in [0.15, 0.2) is 0 Å². The zero-order chi connectivity index (χ0) is 11.0. The summed E-state index contributed by atoms with van der Waals surface area (Å²) in [6, 6.07) is 0.528. The first kappa shape index (κ1) is 13.9. The van der Waals surface area contributed by atoms with Crippen LogP contribution in [0.2, 0.25) is 0 Å². The summed E-state index contributed by atoms with van der Waals surface area (Å²) in [7, 11) is 0. The van der Waals surface area contributed by atoms with E-state index in [9.17, 15) is 0 Å². The van der Waals surface area contributed by atoms with E-state index < -0.39 is 0 Å². The molecule has 0 saturated heterocycles. The Morgan fingerprint density at radius 2 is 1.79 bits per heavy atom. The number of aliphatic hydroxyl groups is 1. The van der Waals surface area contributed by atoms with Gasteiger partial charge in [-0.15, -0.1) is 0 Å². The van der Waals surface area contributed by atoms with Crippen LogP contribution in [0, 0.1) is 5.92 Å². The van der Waals surface area contributed by atoms with Crippen LogP contribution in [0.4, 0.5) is 0 Å². The largest absolute Gasteiger partial charge is 0.381 e. The highest BCUT2D eigenvalue weighted by Crippen LogP contribution is 2.00. The Bertz CT molecular complexity index is 126. The minimum absolute atomic E-state index is 0.173. The lowest BCUT2D eigenvalue weighted by Crippen LogP contribution is -2.36. The zero-order valence-corrected chi connectivity index (χ0v) is 10.1. The molecule has 0 amide bonds. The molecular weight excluding hydrogens is 176 g/mol. The van der Waals surface area contributed by atoms with Crippen LogP contribution >= 0.6 is 0 Å². The van der Waals surface area contributed by atoms with Gasteiger partial charge in [-0.2, -0.15) is 0 Å². The molecule has 0 aliphatic rings. The molecule has 3 heteroatoms. The van der Waals surface area contributed by atoms with Gasteiger partial charge in [-0.3, -0.25) is 4.90 Å². The van der Waals surface area contributed by atoms with Crippen LogP contribution in [0.1, 0.15) is 34.1 Å². The SMILES string of the molecule is CC(C)CCN(CO)CCNC(C)C. The summed E-state index contributed by atoms with van der Waals surface area (Å²) in [5, 5.41) is 12.4. The van der Waals surface area contributed by atoms with Crippen molar-refractivity contribution in [3.05, 3.63) is 0 Å². The predicted octanol–water partition coefficient (Wildman–Crippen LogP) is 1.28. The molecule has 0 radical (unpaired) electrons. The van der Waals surface area contributed by atoms with Crippen molar-refractivity contribution in [2.75, 3.05) is 26.4 Å². The molecule has 0 aliphatic heterocycles. The second kappa shape index (κ2) is 8.21. The molecule has 0 spiro atoms. The second-order valence-electron chi connectivity index (χ2n) is 4.55. The van der Waals surface area contributed by atoms with Gasteiger partial charge in [0.15, 0.2) is 0 Å². The Labute approximate surface area is 88.5 Å². The lowest BCUT2D eigenvalue weighted by molar-refractivity contribution is 0.103. The summed E-state index contributed by atoms with van der Waals surface area (Å²) in [6.07, 6.45) is 1.15. The molecule has 0 aromatic heterocycles. The molecule has 0 fully saturated rings. The fourth-order valence-electron chi connectivity index (χ4n) is 1.21. The van der Waals surface area contributed by atoms with E-state index >= 15 is 0 Å². The molecule has 0 unspecified atom stereocenters. The van der Waals surface area contributed by atoms with Crippen molar-refractivity contribution in [2.24, 2.45) is 5.92 Å². The van der Waals surface area contributed by atoms with E-state index in [2.05, 4.69) is 37.9 Å². The van der Waals surface area contributed by atoms with E-state index in [1.54, 1.807) is 0 Å². The molecule has 0 aromatic carbocycles. The highest BCUT2D eigenvalue weighted by atomic mass is 16.3. The fourth-order valence-corrected chi connectivity index (χ4v) is 1.21. The van der Waals surface area contributed by atoms with E-state index in [0.717, 1.165) is 26.1 Å². The Morgan fingerprint density at radius 3 is 2.21 bits per heavy atom. The van der Waals surface area contributed by atoms with Crippen molar-refractivity contribution in [3.8, 4) is 0 Å². The highest BCUT2D eigenvalue weighted by Gasteiger charge is 2.04. The molecule has 0 saturated carbocycles. The van der Waals surface area contributed by atoms with Crippen molar-refractivity contribution in [2.45, 2.75) is 40.2 Å². The number of rotatable bonds is 8. The predicted molar refractivity (Wildman–Crippen MR) is 61.3 cm³/mol. The average Bonchev–Trinajstić information content (AvgIpc) is 2.10. The summed E-state index contributed by atoms with van der Waals surface area (Å²) in [5.74, 6) is 0.710. The number of hydrogen-bond acceptors (Lipinski definition) is 3. The standard InChI is InChI=1S/C11H26N2O/c1-10(2)5-7-13(9-14)8-6-12-11(3)4/h10-12,14H,5-9H2,1-4H3. The summed E-state index contributed by atoms with van der Waals surface area (Å²) in [4.78, 5) is 2.08. The van der Waals surface area contributed by atoms with E-state index in [0.29, 0.717) is 12.0 Å². The molecule has 2 N–H and O–H groups in total.